The van der Waals surface area contributed by atoms with Crippen molar-refractivity contribution in [2.75, 3.05) is 0 Å². The molecule has 0 nitrogen and oxygen atoms in total. The van der Waals surface area contributed by atoms with Gasteiger partial charge in [-0.25, -0.2) is 0 Å². The highest BCUT2D eigenvalue weighted by Gasteiger charge is 2.24. The van der Waals surface area contributed by atoms with Gasteiger partial charge in [0.15, 0.2) is 0 Å². The Morgan fingerprint density at radius 2 is 1.77 bits per heavy atom. The molecule has 0 atom stereocenters. The largest absolute Gasteiger partial charge is 0.216 e. The SMILES string of the molecule is CCCc1ccccc1C(Cl)(Cl)Cl. The van der Waals surface area contributed by atoms with Crippen LogP contribution in [-0.4, -0.2) is 0 Å². The quantitative estimate of drug-likeness (QED) is 0.666. The number of rotatable bonds is 2. The Morgan fingerprint density at radius 1 is 1.15 bits per heavy atom. The summed E-state index contributed by atoms with van der Waals surface area (Å²) in [7, 11) is 0. The van der Waals surface area contributed by atoms with Crippen LogP contribution in [0.15, 0.2) is 24.3 Å². The standard InChI is InChI=1S/C10H11Cl3/c1-2-5-8-6-3-4-7-9(8)10(11,12)13/h3-4,6-7H,2,5H2,1H3. The van der Waals surface area contributed by atoms with E-state index in [1.165, 1.54) is 0 Å². The maximum absolute atomic E-state index is 5.83. The van der Waals surface area contributed by atoms with Crippen molar-refractivity contribution >= 4 is 34.8 Å². The first-order valence-electron chi connectivity index (χ1n) is 4.20. The van der Waals surface area contributed by atoms with Crippen molar-refractivity contribution in [2.45, 2.75) is 23.6 Å². The molecule has 1 aromatic carbocycles. The number of halogens is 3. The Balaban J connectivity index is 3.05. The molecule has 13 heavy (non-hydrogen) atoms. The predicted octanol–water partition coefficient (Wildman–Crippen LogP) is 4.47. The number of hydrogen-bond acceptors (Lipinski definition) is 0. The van der Waals surface area contributed by atoms with Gasteiger partial charge in [-0.2, -0.15) is 0 Å². The van der Waals surface area contributed by atoms with Crippen molar-refractivity contribution in [3.63, 3.8) is 0 Å². The van der Waals surface area contributed by atoms with E-state index in [-0.39, 0.29) is 0 Å². The summed E-state index contributed by atoms with van der Waals surface area (Å²) in [6, 6.07) is 7.71. The third kappa shape index (κ3) is 3.05. The van der Waals surface area contributed by atoms with Gasteiger partial charge in [0, 0.05) is 5.56 Å². The highest BCUT2D eigenvalue weighted by atomic mass is 35.6. The molecular weight excluding hydrogens is 226 g/mol. The van der Waals surface area contributed by atoms with Gasteiger partial charge < -0.3 is 0 Å². The first-order valence-corrected chi connectivity index (χ1v) is 5.34. The molecule has 0 aromatic heterocycles. The molecule has 72 valence electrons. The minimum atomic E-state index is -1.30. The van der Waals surface area contributed by atoms with Gasteiger partial charge in [0.25, 0.3) is 0 Å². The smallest absolute Gasteiger partial charge is 0.0784 e. The Hall–Kier alpha value is 0.0900. The molecule has 3 heteroatoms. The average Bonchev–Trinajstić information content (AvgIpc) is 2.04. The van der Waals surface area contributed by atoms with Crippen LogP contribution in [0.3, 0.4) is 0 Å². The van der Waals surface area contributed by atoms with E-state index in [1.807, 2.05) is 24.3 Å². The average molecular weight is 238 g/mol. The van der Waals surface area contributed by atoms with Crippen molar-refractivity contribution in [1.82, 2.24) is 0 Å². The van der Waals surface area contributed by atoms with E-state index < -0.39 is 3.79 Å². The van der Waals surface area contributed by atoms with Crippen molar-refractivity contribution in [2.24, 2.45) is 0 Å². The van der Waals surface area contributed by atoms with Crippen LogP contribution in [0.25, 0.3) is 0 Å². The molecule has 1 rings (SSSR count). The Morgan fingerprint density at radius 3 is 2.31 bits per heavy atom. The summed E-state index contributed by atoms with van der Waals surface area (Å²) in [6.45, 7) is 2.11. The second kappa shape index (κ2) is 4.54. The number of aryl methyl sites for hydroxylation is 1. The van der Waals surface area contributed by atoms with E-state index in [1.54, 1.807) is 0 Å². The van der Waals surface area contributed by atoms with E-state index >= 15 is 0 Å². The summed E-state index contributed by atoms with van der Waals surface area (Å²) in [4.78, 5) is 0. The first-order chi connectivity index (χ1) is 6.05. The zero-order chi connectivity index (χ0) is 9.90. The second-order valence-corrected chi connectivity index (χ2v) is 5.19. The van der Waals surface area contributed by atoms with Gasteiger partial charge in [-0.15, -0.1) is 0 Å². The summed E-state index contributed by atoms with van der Waals surface area (Å²) >= 11 is 17.5. The zero-order valence-corrected chi connectivity index (χ0v) is 9.63. The predicted molar refractivity (Wildman–Crippen MR) is 59.7 cm³/mol. The monoisotopic (exact) mass is 236 g/mol. The van der Waals surface area contributed by atoms with Crippen LogP contribution < -0.4 is 0 Å². The van der Waals surface area contributed by atoms with Crippen LogP contribution in [0.5, 0.6) is 0 Å². The van der Waals surface area contributed by atoms with Gasteiger partial charge in [0.2, 0.25) is 3.79 Å². The Labute approximate surface area is 93.8 Å². The molecule has 0 aliphatic heterocycles. The molecule has 0 aliphatic carbocycles. The molecule has 1 aromatic rings. The molecule has 0 amide bonds. The molecule has 0 unspecified atom stereocenters. The molecule has 0 bridgehead atoms. The van der Waals surface area contributed by atoms with Crippen molar-refractivity contribution in [3.8, 4) is 0 Å². The third-order valence-electron chi connectivity index (χ3n) is 1.84. The molecule has 0 N–H and O–H groups in total. The van der Waals surface area contributed by atoms with Gasteiger partial charge in [-0.1, -0.05) is 72.4 Å². The van der Waals surface area contributed by atoms with Crippen molar-refractivity contribution in [1.29, 1.82) is 0 Å². The minimum absolute atomic E-state index is 0.793. The van der Waals surface area contributed by atoms with Crippen molar-refractivity contribution in [3.05, 3.63) is 35.4 Å². The van der Waals surface area contributed by atoms with E-state index in [0.717, 1.165) is 24.0 Å². The highest BCUT2D eigenvalue weighted by Crippen LogP contribution is 2.40. The lowest BCUT2D eigenvalue weighted by Crippen LogP contribution is -2.04. The normalized spacial score (nSPS) is 11.7. The van der Waals surface area contributed by atoms with Crippen LogP contribution in [-0.2, 0) is 10.2 Å². The van der Waals surface area contributed by atoms with Crippen LogP contribution in [0.4, 0.5) is 0 Å². The van der Waals surface area contributed by atoms with Crippen LogP contribution in [0.1, 0.15) is 24.5 Å². The molecule has 0 fully saturated rings. The number of benzene rings is 1. The fraction of sp³-hybridized carbons (Fsp3) is 0.400. The fourth-order valence-electron chi connectivity index (χ4n) is 1.28. The molecule has 0 saturated heterocycles. The summed E-state index contributed by atoms with van der Waals surface area (Å²) in [5.41, 5.74) is 1.91. The van der Waals surface area contributed by atoms with Gasteiger partial charge in [0.1, 0.15) is 0 Å². The minimum Gasteiger partial charge on any atom is -0.0784 e. The van der Waals surface area contributed by atoms with E-state index in [4.69, 9.17) is 34.8 Å². The van der Waals surface area contributed by atoms with Gasteiger partial charge in [-0.3, -0.25) is 0 Å². The van der Waals surface area contributed by atoms with Crippen LogP contribution >= 0.6 is 34.8 Å². The molecule has 0 spiro atoms. The maximum Gasteiger partial charge on any atom is 0.216 e. The van der Waals surface area contributed by atoms with E-state index in [2.05, 4.69) is 6.92 Å². The van der Waals surface area contributed by atoms with Crippen LogP contribution in [0, 0.1) is 0 Å². The van der Waals surface area contributed by atoms with Crippen LogP contribution in [0.2, 0.25) is 0 Å². The maximum atomic E-state index is 5.83. The van der Waals surface area contributed by atoms with Gasteiger partial charge in [-0.05, 0) is 12.0 Å². The Bertz CT molecular complexity index is 276. The summed E-state index contributed by atoms with van der Waals surface area (Å²) in [5, 5.41) is 0. The number of alkyl halides is 3. The van der Waals surface area contributed by atoms with E-state index in [0.29, 0.717) is 0 Å². The Kier molecular flexibility index (Phi) is 3.90. The number of hydrogen-bond donors (Lipinski definition) is 0. The highest BCUT2D eigenvalue weighted by molar-refractivity contribution is 6.66. The van der Waals surface area contributed by atoms with Crippen molar-refractivity contribution < 1.29 is 0 Å². The molecule has 0 aliphatic rings. The topological polar surface area (TPSA) is 0 Å². The fourth-order valence-corrected chi connectivity index (χ4v) is 1.84. The third-order valence-corrected chi connectivity index (χ3v) is 2.45. The first kappa shape index (κ1) is 11.2. The lowest BCUT2D eigenvalue weighted by atomic mass is 10.0. The van der Waals surface area contributed by atoms with E-state index in [9.17, 15) is 0 Å². The summed E-state index contributed by atoms with van der Waals surface area (Å²) < 4.78 is -1.30. The zero-order valence-electron chi connectivity index (χ0n) is 7.36. The second-order valence-electron chi connectivity index (χ2n) is 2.90. The van der Waals surface area contributed by atoms with Gasteiger partial charge in [0.05, 0.1) is 0 Å². The lowest BCUT2D eigenvalue weighted by molar-refractivity contribution is 0.904. The molecular formula is C10H11Cl3. The summed E-state index contributed by atoms with van der Waals surface area (Å²) in [6.07, 6.45) is 2.00. The molecule has 0 heterocycles. The molecule has 0 radical (unpaired) electrons. The lowest BCUT2D eigenvalue weighted by Gasteiger charge is -2.15. The molecule has 0 saturated carbocycles. The summed E-state index contributed by atoms with van der Waals surface area (Å²) in [5.74, 6) is 0. The van der Waals surface area contributed by atoms with Gasteiger partial charge >= 0.3 is 0 Å².